The maximum atomic E-state index is 3.66. The molecule has 0 aliphatic rings. The van der Waals surface area contributed by atoms with Gasteiger partial charge in [-0.3, -0.25) is 0 Å². The Balaban J connectivity index is 1.88. The lowest BCUT2D eigenvalue weighted by Crippen LogP contribution is -1.94. The third kappa shape index (κ3) is 2.96. The zero-order valence-electron chi connectivity index (χ0n) is 13.8. The average molecular weight is 307 g/mol. The van der Waals surface area contributed by atoms with Gasteiger partial charge in [0.25, 0.3) is 0 Å². The second-order valence-electron chi connectivity index (χ2n) is 6.28. The number of benzene rings is 4. The molecule has 4 aromatic rings. The van der Waals surface area contributed by atoms with Crippen LogP contribution in [0.15, 0.2) is 84.9 Å². The molecule has 0 saturated carbocycles. The topological polar surface area (TPSA) is 0 Å². The van der Waals surface area contributed by atoms with Crippen molar-refractivity contribution in [2.75, 3.05) is 0 Å². The molecular weight excluding hydrogens is 288 g/mol. The molecule has 0 heteroatoms. The molecule has 0 N–H and O–H groups in total. The highest BCUT2D eigenvalue weighted by atomic mass is 14.1. The zero-order chi connectivity index (χ0) is 16.4. The summed E-state index contributed by atoms with van der Waals surface area (Å²) in [6.45, 7) is 2.13. The van der Waals surface area contributed by atoms with Crippen LogP contribution in [-0.2, 0) is 6.42 Å². The molecule has 0 atom stereocenters. The normalized spacial score (nSPS) is 10.9. The Hall–Kier alpha value is -2.86. The second-order valence-corrected chi connectivity index (χ2v) is 6.28. The fourth-order valence-electron chi connectivity index (χ4n) is 3.14. The van der Waals surface area contributed by atoms with Gasteiger partial charge in [-0.15, -0.1) is 0 Å². The molecule has 1 radical (unpaired) electrons. The van der Waals surface area contributed by atoms with Gasteiger partial charge in [-0.2, -0.15) is 0 Å². The summed E-state index contributed by atoms with van der Waals surface area (Å²) in [5, 5.41) is 2.42. The number of rotatable bonds is 3. The smallest absolute Gasteiger partial charge is 0.00132 e. The van der Waals surface area contributed by atoms with Crippen molar-refractivity contribution in [3.63, 3.8) is 0 Å². The van der Waals surface area contributed by atoms with Crippen molar-refractivity contribution in [2.45, 2.75) is 13.3 Å². The third-order valence-corrected chi connectivity index (χ3v) is 4.46. The van der Waals surface area contributed by atoms with E-state index in [9.17, 15) is 0 Å². The molecule has 0 fully saturated rings. The van der Waals surface area contributed by atoms with E-state index in [-0.39, 0.29) is 0 Å². The molecule has 24 heavy (non-hydrogen) atoms. The second kappa shape index (κ2) is 6.33. The Morgan fingerprint density at radius 3 is 2.25 bits per heavy atom. The summed E-state index contributed by atoms with van der Waals surface area (Å²) in [6, 6.07) is 33.8. The minimum absolute atomic E-state index is 0.898. The highest BCUT2D eigenvalue weighted by Crippen LogP contribution is 2.30. The molecular formula is C24H19. The fraction of sp³-hybridized carbons (Fsp3) is 0.0833. The van der Waals surface area contributed by atoms with Crippen LogP contribution < -0.4 is 0 Å². The van der Waals surface area contributed by atoms with Crippen molar-refractivity contribution < 1.29 is 0 Å². The van der Waals surface area contributed by atoms with Crippen molar-refractivity contribution in [1.29, 1.82) is 0 Å². The number of hydrogen-bond donors (Lipinski definition) is 0. The molecule has 0 aliphatic heterocycles. The van der Waals surface area contributed by atoms with Crippen molar-refractivity contribution in [1.82, 2.24) is 0 Å². The SMILES string of the molecule is Cc1ccc(-c2cc3ccccc3[c]c2Cc2ccccc2)cc1. The van der Waals surface area contributed by atoms with Gasteiger partial charge in [0, 0.05) is 0 Å². The molecule has 0 nitrogen and oxygen atoms in total. The molecule has 0 heterocycles. The van der Waals surface area contributed by atoms with Crippen LogP contribution in [0, 0.1) is 13.0 Å². The summed E-state index contributed by atoms with van der Waals surface area (Å²) >= 11 is 0. The molecule has 4 aromatic carbocycles. The van der Waals surface area contributed by atoms with E-state index in [2.05, 4.69) is 97.9 Å². The maximum Gasteiger partial charge on any atom is -0.00132 e. The van der Waals surface area contributed by atoms with Gasteiger partial charge < -0.3 is 0 Å². The Morgan fingerprint density at radius 1 is 0.750 bits per heavy atom. The van der Waals surface area contributed by atoms with Crippen LogP contribution in [0.2, 0.25) is 0 Å². The van der Waals surface area contributed by atoms with Crippen LogP contribution in [0.25, 0.3) is 21.9 Å². The molecule has 0 amide bonds. The Kier molecular flexibility index (Phi) is 3.88. The van der Waals surface area contributed by atoms with Gasteiger partial charge in [0.05, 0.1) is 0 Å². The van der Waals surface area contributed by atoms with E-state index in [1.54, 1.807) is 0 Å². The van der Waals surface area contributed by atoms with Gasteiger partial charge in [0.1, 0.15) is 0 Å². The summed E-state index contributed by atoms with van der Waals surface area (Å²) < 4.78 is 0. The molecule has 0 aromatic heterocycles. The van der Waals surface area contributed by atoms with E-state index >= 15 is 0 Å². The summed E-state index contributed by atoms with van der Waals surface area (Å²) in [5.74, 6) is 0. The largest absolute Gasteiger partial charge is 0.0622 e. The van der Waals surface area contributed by atoms with E-state index in [0.29, 0.717) is 0 Å². The summed E-state index contributed by atoms with van der Waals surface area (Å²) in [7, 11) is 0. The minimum Gasteiger partial charge on any atom is -0.0622 e. The van der Waals surface area contributed by atoms with E-state index in [0.717, 1.165) is 6.42 Å². The van der Waals surface area contributed by atoms with E-state index in [1.807, 2.05) is 0 Å². The number of aryl methyl sites for hydroxylation is 1. The molecule has 0 spiro atoms. The van der Waals surface area contributed by atoms with Crippen LogP contribution in [0.3, 0.4) is 0 Å². The van der Waals surface area contributed by atoms with Crippen LogP contribution >= 0.6 is 0 Å². The lowest BCUT2D eigenvalue weighted by Gasteiger charge is -2.12. The highest BCUT2D eigenvalue weighted by molar-refractivity contribution is 5.88. The molecule has 0 bridgehead atoms. The maximum absolute atomic E-state index is 3.66. The summed E-state index contributed by atoms with van der Waals surface area (Å²) in [6.07, 6.45) is 0.898. The molecule has 0 aliphatic carbocycles. The standard InChI is InChI=1S/C24H19/c1-18-11-13-20(14-12-18)24-17-22-10-6-5-9-21(22)16-23(24)15-19-7-3-2-4-8-19/h2-14,17H,15H2,1H3. The van der Waals surface area contributed by atoms with Crippen LogP contribution in [0.5, 0.6) is 0 Å². The van der Waals surface area contributed by atoms with Crippen molar-refractivity contribution in [3.05, 3.63) is 108 Å². The van der Waals surface area contributed by atoms with Gasteiger partial charge in [-0.1, -0.05) is 84.4 Å². The van der Waals surface area contributed by atoms with Gasteiger partial charge in [-0.05, 0) is 58.5 Å². The lowest BCUT2D eigenvalue weighted by molar-refractivity contribution is 1.20. The molecule has 0 saturated heterocycles. The third-order valence-electron chi connectivity index (χ3n) is 4.46. The van der Waals surface area contributed by atoms with Gasteiger partial charge in [0.15, 0.2) is 0 Å². The van der Waals surface area contributed by atoms with Crippen molar-refractivity contribution in [2.24, 2.45) is 0 Å². The van der Waals surface area contributed by atoms with E-state index in [1.165, 1.54) is 38.6 Å². The van der Waals surface area contributed by atoms with Crippen molar-refractivity contribution in [3.8, 4) is 11.1 Å². The first-order chi connectivity index (χ1) is 11.8. The van der Waals surface area contributed by atoms with E-state index < -0.39 is 0 Å². The zero-order valence-corrected chi connectivity index (χ0v) is 13.8. The van der Waals surface area contributed by atoms with Crippen LogP contribution in [0.1, 0.15) is 16.7 Å². The number of hydrogen-bond acceptors (Lipinski definition) is 0. The molecule has 4 rings (SSSR count). The van der Waals surface area contributed by atoms with Gasteiger partial charge >= 0.3 is 0 Å². The first-order valence-corrected chi connectivity index (χ1v) is 8.34. The Morgan fingerprint density at radius 2 is 1.46 bits per heavy atom. The van der Waals surface area contributed by atoms with Crippen LogP contribution in [-0.4, -0.2) is 0 Å². The molecule has 115 valence electrons. The van der Waals surface area contributed by atoms with E-state index in [4.69, 9.17) is 0 Å². The average Bonchev–Trinajstić information content (AvgIpc) is 2.63. The predicted octanol–water partition coefficient (Wildman–Crippen LogP) is 6.21. The summed E-state index contributed by atoms with van der Waals surface area (Å²) in [5.41, 5.74) is 6.39. The summed E-state index contributed by atoms with van der Waals surface area (Å²) in [4.78, 5) is 0. The first kappa shape index (κ1) is 14.7. The monoisotopic (exact) mass is 307 g/mol. The fourth-order valence-corrected chi connectivity index (χ4v) is 3.14. The van der Waals surface area contributed by atoms with Crippen LogP contribution in [0.4, 0.5) is 0 Å². The minimum atomic E-state index is 0.898. The quantitative estimate of drug-likeness (QED) is 0.422. The van der Waals surface area contributed by atoms with Gasteiger partial charge in [0.2, 0.25) is 0 Å². The van der Waals surface area contributed by atoms with Gasteiger partial charge in [-0.25, -0.2) is 0 Å². The molecule has 0 unspecified atom stereocenters. The Bertz CT molecular complexity index is 964. The Labute approximate surface area is 143 Å². The predicted molar refractivity (Wildman–Crippen MR) is 102 cm³/mol. The number of fused-ring (bicyclic) bond motifs is 1. The highest BCUT2D eigenvalue weighted by Gasteiger charge is 2.09. The lowest BCUT2D eigenvalue weighted by atomic mass is 9.91. The first-order valence-electron chi connectivity index (χ1n) is 8.34. The van der Waals surface area contributed by atoms with Crippen molar-refractivity contribution >= 4 is 10.8 Å².